The van der Waals surface area contributed by atoms with Gasteiger partial charge in [-0.05, 0) is 12.8 Å². The van der Waals surface area contributed by atoms with Gasteiger partial charge in [0.15, 0.2) is 0 Å². The van der Waals surface area contributed by atoms with E-state index < -0.39 is 12.1 Å². The average molecular weight is 327 g/mol. The standard InChI is InChI=1S/C14H31N.C2HF3O2/c1-2-3-4-5-6-7-8-9-10-11-12-13-14-15;3-2(4,5)1(6)7/h2-15H2,1H3;(H,6,7). The summed E-state index contributed by atoms with van der Waals surface area (Å²) >= 11 is 0. The highest BCUT2D eigenvalue weighted by molar-refractivity contribution is 5.70. The molecule has 0 rings (SSSR count). The van der Waals surface area contributed by atoms with Gasteiger partial charge in [0.25, 0.3) is 0 Å². The monoisotopic (exact) mass is 327 g/mol. The lowest BCUT2D eigenvalue weighted by molar-refractivity contribution is -0.368. The van der Waals surface area contributed by atoms with Crippen LogP contribution >= 0.6 is 0 Å². The number of carboxylic acid groups (broad SMARTS) is 1. The average Bonchev–Trinajstić information content (AvgIpc) is 2.44. The third-order valence-electron chi connectivity index (χ3n) is 3.34. The lowest BCUT2D eigenvalue weighted by Crippen LogP contribution is -2.50. The molecule has 3 N–H and O–H groups in total. The molecule has 0 aliphatic carbocycles. The van der Waals surface area contributed by atoms with E-state index in [1.807, 2.05) is 0 Å². The number of hydrogen-bond donors (Lipinski definition) is 1. The minimum Gasteiger partial charge on any atom is -0.542 e. The van der Waals surface area contributed by atoms with Gasteiger partial charge in [0, 0.05) is 0 Å². The molecule has 22 heavy (non-hydrogen) atoms. The molecule has 0 aliphatic heterocycles. The van der Waals surface area contributed by atoms with Crippen LogP contribution in [0.3, 0.4) is 0 Å². The first-order valence-corrected chi connectivity index (χ1v) is 8.43. The fraction of sp³-hybridized carbons (Fsp3) is 0.938. The molecule has 0 unspecified atom stereocenters. The molecule has 0 saturated heterocycles. The van der Waals surface area contributed by atoms with Gasteiger partial charge in [-0.1, -0.05) is 71.1 Å². The molecular formula is C16H32F3NO2. The van der Waals surface area contributed by atoms with Crippen LogP contribution in [0.2, 0.25) is 0 Å². The van der Waals surface area contributed by atoms with Crippen molar-refractivity contribution in [2.75, 3.05) is 6.54 Å². The Morgan fingerprint density at radius 1 is 0.818 bits per heavy atom. The Kier molecular flexibility index (Phi) is 17.7. The van der Waals surface area contributed by atoms with E-state index in [0.29, 0.717) is 0 Å². The van der Waals surface area contributed by atoms with E-state index in [2.05, 4.69) is 12.7 Å². The summed E-state index contributed by atoms with van der Waals surface area (Å²) in [5.41, 5.74) is 3.87. The Balaban J connectivity index is 0. The van der Waals surface area contributed by atoms with Crippen LogP contribution in [0.25, 0.3) is 0 Å². The Bertz CT molecular complexity index is 234. The van der Waals surface area contributed by atoms with Gasteiger partial charge in [-0.25, -0.2) is 0 Å². The number of unbranched alkanes of at least 4 members (excludes halogenated alkanes) is 11. The molecule has 134 valence electrons. The largest absolute Gasteiger partial charge is 0.542 e. The summed E-state index contributed by atoms with van der Waals surface area (Å²) in [4.78, 5) is 8.78. The fourth-order valence-electron chi connectivity index (χ4n) is 2.02. The number of aliphatic carboxylic acids is 1. The molecule has 3 nitrogen and oxygen atoms in total. The van der Waals surface area contributed by atoms with Crippen molar-refractivity contribution in [3.05, 3.63) is 0 Å². The summed E-state index contributed by atoms with van der Waals surface area (Å²) < 4.78 is 31.5. The second-order valence-corrected chi connectivity index (χ2v) is 5.53. The Morgan fingerprint density at radius 3 is 1.32 bits per heavy atom. The van der Waals surface area contributed by atoms with Gasteiger partial charge in [0.05, 0.1) is 6.54 Å². The topological polar surface area (TPSA) is 67.8 Å². The van der Waals surface area contributed by atoms with E-state index in [4.69, 9.17) is 9.90 Å². The van der Waals surface area contributed by atoms with Gasteiger partial charge < -0.3 is 15.6 Å². The minimum atomic E-state index is -5.19. The van der Waals surface area contributed by atoms with Crippen molar-refractivity contribution in [3.63, 3.8) is 0 Å². The number of hydrogen-bond acceptors (Lipinski definition) is 2. The van der Waals surface area contributed by atoms with Gasteiger partial charge >= 0.3 is 6.18 Å². The second-order valence-electron chi connectivity index (χ2n) is 5.53. The second kappa shape index (κ2) is 16.6. The smallest absolute Gasteiger partial charge is 0.430 e. The Morgan fingerprint density at radius 2 is 1.09 bits per heavy atom. The molecule has 0 aromatic rings. The first-order chi connectivity index (χ1) is 10.4. The number of carboxylic acids is 1. The van der Waals surface area contributed by atoms with Gasteiger partial charge in [0.1, 0.15) is 5.97 Å². The third-order valence-corrected chi connectivity index (χ3v) is 3.34. The molecule has 0 aromatic heterocycles. The number of halogens is 3. The van der Waals surface area contributed by atoms with E-state index in [1.165, 1.54) is 77.0 Å². The first kappa shape index (κ1) is 23.5. The number of alkyl halides is 3. The van der Waals surface area contributed by atoms with Crippen molar-refractivity contribution in [2.45, 2.75) is 90.1 Å². The van der Waals surface area contributed by atoms with Crippen molar-refractivity contribution in [2.24, 2.45) is 0 Å². The molecule has 0 bridgehead atoms. The molecule has 0 heterocycles. The van der Waals surface area contributed by atoms with Gasteiger partial charge in [-0.3, -0.25) is 0 Å². The minimum absolute atomic E-state index is 1.12. The van der Waals surface area contributed by atoms with Crippen molar-refractivity contribution >= 4 is 5.97 Å². The van der Waals surface area contributed by atoms with Crippen molar-refractivity contribution in [3.8, 4) is 0 Å². The molecule has 0 radical (unpaired) electrons. The third kappa shape index (κ3) is 21.5. The lowest BCUT2D eigenvalue weighted by atomic mass is 10.1. The van der Waals surface area contributed by atoms with Crippen molar-refractivity contribution in [1.29, 1.82) is 0 Å². The van der Waals surface area contributed by atoms with Crippen LogP contribution in [0.4, 0.5) is 13.2 Å². The molecule has 0 atom stereocenters. The van der Waals surface area contributed by atoms with E-state index in [-0.39, 0.29) is 0 Å². The maximum atomic E-state index is 10.5. The zero-order valence-electron chi connectivity index (χ0n) is 13.8. The van der Waals surface area contributed by atoms with Crippen LogP contribution < -0.4 is 10.8 Å². The van der Waals surface area contributed by atoms with Crippen LogP contribution in [0.5, 0.6) is 0 Å². The predicted molar refractivity (Wildman–Crippen MR) is 79.9 cm³/mol. The van der Waals surface area contributed by atoms with E-state index in [0.717, 1.165) is 6.54 Å². The Labute approximate surface area is 132 Å². The zero-order chi connectivity index (χ0) is 17.3. The summed E-state index contributed by atoms with van der Waals surface area (Å²) in [5.74, 6) is -3.01. The maximum absolute atomic E-state index is 10.5. The van der Waals surface area contributed by atoms with Crippen LogP contribution in [-0.2, 0) is 4.79 Å². The molecule has 0 spiro atoms. The molecule has 0 aliphatic rings. The summed E-state index contributed by atoms with van der Waals surface area (Å²) in [6.07, 6.45) is 12.0. The molecular weight excluding hydrogens is 295 g/mol. The number of rotatable bonds is 12. The quantitative estimate of drug-likeness (QED) is 0.559. The number of quaternary nitrogens is 1. The van der Waals surface area contributed by atoms with E-state index >= 15 is 0 Å². The van der Waals surface area contributed by atoms with Crippen LogP contribution in [0.1, 0.15) is 84.0 Å². The highest BCUT2D eigenvalue weighted by Gasteiger charge is 2.28. The number of carbonyl (C=O) groups excluding carboxylic acids is 1. The summed E-state index contributed by atoms with van der Waals surface area (Å²) in [5, 5.41) is 8.78. The molecule has 6 heteroatoms. The fourth-order valence-corrected chi connectivity index (χ4v) is 2.02. The Hall–Kier alpha value is -0.780. The molecule has 0 amide bonds. The van der Waals surface area contributed by atoms with E-state index in [1.54, 1.807) is 0 Å². The van der Waals surface area contributed by atoms with Crippen molar-refractivity contribution in [1.82, 2.24) is 0 Å². The summed E-state index contributed by atoms with van der Waals surface area (Å²) in [7, 11) is 0. The van der Waals surface area contributed by atoms with Gasteiger partial charge in [0.2, 0.25) is 0 Å². The maximum Gasteiger partial charge on any atom is 0.430 e. The normalized spacial score (nSPS) is 11.0. The van der Waals surface area contributed by atoms with Crippen LogP contribution in [-0.4, -0.2) is 18.7 Å². The van der Waals surface area contributed by atoms with Crippen LogP contribution in [0.15, 0.2) is 0 Å². The SMILES string of the molecule is CCCCCCCCCCCCCC[NH3+].O=C([O-])C(F)(F)F. The molecule has 0 saturated carbocycles. The predicted octanol–water partition coefficient (Wildman–Crippen LogP) is 3.23. The van der Waals surface area contributed by atoms with Gasteiger partial charge in [-0.2, -0.15) is 13.2 Å². The van der Waals surface area contributed by atoms with Crippen molar-refractivity contribution < 1.29 is 28.8 Å². The highest BCUT2D eigenvalue weighted by Crippen LogP contribution is 2.12. The molecule has 0 aromatic carbocycles. The van der Waals surface area contributed by atoms with Crippen LogP contribution in [0, 0.1) is 0 Å². The zero-order valence-corrected chi connectivity index (χ0v) is 13.8. The van der Waals surface area contributed by atoms with E-state index in [9.17, 15) is 13.2 Å². The van der Waals surface area contributed by atoms with Gasteiger partial charge in [-0.15, -0.1) is 0 Å². The summed E-state index contributed by atoms with van der Waals surface area (Å²) in [6.45, 7) is 3.41. The molecule has 0 fully saturated rings. The lowest BCUT2D eigenvalue weighted by Gasteiger charge is -2.03. The first-order valence-electron chi connectivity index (χ1n) is 8.43. The number of carbonyl (C=O) groups is 1. The summed E-state index contributed by atoms with van der Waals surface area (Å²) in [6, 6.07) is 0. The highest BCUT2D eigenvalue weighted by atomic mass is 19.4.